The van der Waals surface area contributed by atoms with E-state index in [1.54, 1.807) is 13.8 Å². The summed E-state index contributed by atoms with van der Waals surface area (Å²) in [5.41, 5.74) is 0. The minimum Gasteiger partial charge on any atom is -0.480 e. The molecular weight excluding hydrogens is 292 g/mol. The Morgan fingerprint density at radius 2 is 1.35 bits per heavy atom. The summed E-state index contributed by atoms with van der Waals surface area (Å²) in [6.07, 6.45) is 12.6. The summed E-state index contributed by atoms with van der Waals surface area (Å²) >= 11 is 0. The van der Waals surface area contributed by atoms with Gasteiger partial charge < -0.3 is 15.7 Å². The van der Waals surface area contributed by atoms with Crippen LogP contribution in [0.4, 0.5) is 4.79 Å². The highest BCUT2D eigenvalue weighted by Gasteiger charge is 2.22. The standard InChI is InChI=1S/C18H36N2O3/c1-4-5-6-7-8-9-10-11-12-13-14-19-18(23)20-16(15(2)3)17(21)22/h15-16H,4-14H2,1-3H3,(H,21,22)(H2,19,20,23). The molecule has 0 aromatic carbocycles. The van der Waals surface area contributed by atoms with Crippen LogP contribution in [0, 0.1) is 5.92 Å². The number of hydrogen-bond donors (Lipinski definition) is 3. The average molecular weight is 328 g/mol. The summed E-state index contributed by atoms with van der Waals surface area (Å²) in [6.45, 7) is 6.40. The van der Waals surface area contributed by atoms with Crippen LogP contribution < -0.4 is 10.6 Å². The summed E-state index contributed by atoms with van der Waals surface area (Å²) in [7, 11) is 0. The van der Waals surface area contributed by atoms with Crippen LogP contribution >= 0.6 is 0 Å². The third-order valence-electron chi connectivity index (χ3n) is 4.04. The summed E-state index contributed by atoms with van der Waals surface area (Å²) in [6, 6.07) is -1.22. The molecule has 0 aliphatic carbocycles. The minimum atomic E-state index is -0.992. The molecule has 0 bridgehead atoms. The molecular formula is C18H36N2O3. The van der Waals surface area contributed by atoms with E-state index in [-0.39, 0.29) is 11.9 Å². The number of carboxylic acids is 1. The Balaban J connectivity index is 3.47. The summed E-state index contributed by atoms with van der Waals surface area (Å²) < 4.78 is 0. The molecule has 0 radical (unpaired) electrons. The van der Waals surface area contributed by atoms with Crippen LogP contribution in [0.5, 0.6) is 0 Å². The van der Waals surface area contributed by atoms with Crippen molar-refractivity contribution in [3.05, 3.63) is 0 Å². The Bertz CT molecular complexity index is 319. The van der Waals surface area contributed by atoms with Crippen LogP contribution in [-0.2, 0) is 4.79 Å². The van der Waals surface area contributed by atoms with Gasteiger partial charge in [0.05, 0.1) is 0 Å². The second kappa shape index (κ2) is 14.3. The topological polar surface area (TPSA) is 78.4 Å². The van der Waals surface area contributed by atoms with Gasteiger partial charge in [0.2, 0.25) is 0 Å². The molecule has 1 unspecified atom stereocenters. The molecule has 0 fully saturated rings. The SMILES string of the molecule is CCCCCCCCCCCCNC(=O)NC(C(=O)O)C(C)C. The Labute approximate surface area is 141 Å². The lowest BCUT2D eigenvalue weighted by atomic mass is 10.1. The van der Waals surface area contributed by atoms with E-state index in [4.69, 9.17) is 5.11 Å². The number of carbonyl (C=O) groups is 2. The molecule has 136 valence electrons. The molecule has 0 spiro atoms. The van der Waals surface area contributed by atoms with Gasteiger partial charge in [-0.1, -0.05) is 78.6 Å². The van der Waals surface area contributed by atoms with Gasteiger partial charge in [0, 0.05) is 6.54 Å². The molecule has 0 saturated heterocycles. The fourth-order valence-electron chi connectivity index (χ4n) is 2.52. The van der Waals surface area contributed by atoms with Gasteiger partial charge in [-0.15, -0.1) is 0 Å². The van der Waals surface area contributed by atoms with Gasteiger partial charge in [-0.05, 0) is 12.3 Å². The number of aliphatic carboxylic acids is 1. The zero-order chi connectivity index (χ0) is 17.5. The van der Waals surface area contributed by atoms with E-state index >= 15 is 0 Å². The van der Waals surface area contributed by atoms with Crippen molar-refractivity contribution in [2.75, 3.05) is 6.54 Å². The van der Waals surface area contributed by atoms with Gasteiger partial charge >= 0.3 is 12.0 Å². The molecule has 1 atom stereocenters. The second-order valence-corrected chi connectivity index (χ2v) is 6.64. The van der Waals surface area contributed by atoms with Crippen molar-refractivity contribution in [3.8, 4) is 0 Å². The number of nitrogens with one attached hydrogen (secondary N) is 2. The van der Waals surface area contributed by atoms with E-state index in [2.05, 4.69) is 17.6 Å². The predicted molar refractivity (Wildman–Crippen MR) is 94.6 cm³/mol. The van der Waals surface area contributed by atoms with E-state index in [1.807, 2.05) is 0 Å². The second-order valence-electron chi connectivity index (χ2n) is 6.64. The fraction of sp³-hybridized carbons (Fsp3) is 0.889. The molecule has 0 heterocycles. The highest BCUT2D eigenvalue weighted by molar-refractivity contribution is 5.82. The van der Waals surface area contributed by atoms with E-state index < -0.39 is 12.0 Å². The number of rotatable bonds is 14. The molecule has 5 heteroatoms. The van der Waals surface area contributed by atoms with Gasteiger partial charge in [0.25, 0.3) is 0 Å². The Morgan fingerprint density at radius 1 is 0.870 bits per heavy atom. The van der Waals surface area contributed by atoms with Crippen LogP contribution in [0.15, 0.2) is 0 Å². The number of carboxylic acid groups (broad SMARTS) is 1. The van der Waals surface area contributed by atoms with Crippen molar-refractivity contribution >= 4 is 12.0 Å². The van der Waals surface area contributed by atoms with E-state index in [0.717, 1.165) is 12.8 Å². The van der Waals surface area contributed by atoms with Gasteiger partial charge in [0.1, 0.15) is 6.04 Å². The normalized spacial score (nSPS) is 12.2. The van der Waals surface area contributed by atoms with E-state index in [0.29, 0.717) is 6.54 Å². The largest absolute Gasteiger partial charge is 0.480 e. The highest BCUT2D eigenvalue weighted by atomic mass is 16.4. The van der Waals surface area contributed by atoms with Crippen molar-refractivity contribution in [1.82, 2.24) is 10.6 Å². The Hall–Kier alpha value is -1.26. The van der Waals surface area contributed by atoms with Crippen molar-refractivity contribution < 1.29 is 14.7 Å². The molecule has 0 aromatic rings. The van der Waals surface area contributed by atoms with E-state index in [1.165, 1.54) is 51.4 Å². The van der Waals surface area contributed by atoms with Crippen molar-refractivity contribution in [2.24, 2.45) is 5.92 Å². The zero-order valence-corrected chi connectivity index (χ0v) is 15.2. The maximum absolute atomic E-state index is 11.6. The molecule has 0 saturated carbocycles. The number of amides is 2. The average Bonchev–Trinajstić information content (AvgIpc) is 2.49. The van der Waals surface area contributed by atoms with Gasteiger partial charge in [0.15, 0.2) is 0 Å². The maximum atomic E-state index is 11.6. The van der Waals surface area contributed by atoms with Gasteiger partial charge in [-0.25, -0.2) is 9.59 Å². The maximum Gasteiger partial charge on any atom is 0.326 e. The van der Waals surface area contributed by atoms with Crippen molar-refractivity contribution in [2.45, 2.75) is 91.0 Å². The van der Waals surface area contributed by atoms with Gasteiger partial charge in [-0.2, -0.15) is 0 Å². The molecule has 0 aromatic heterocycles. The monoisotopic (exact) mass is 328 g/mol. The smallest absolute Gasteiger partial charge is 0.326 e. The molecule has 0 aliphatic heterocycles. The first-order valence-electron chi connectivity index (χ1n) is 9.26. The first kappa shape index (κ1) is 21.7. The lowest BCUT2D eigenvalue weighted by Crippen LogP contribution is -2.48. The molecule has 2 amide bonds. The van der Waals surface area contributed by atoms with Gasteiger partial charge in [-0.3, -0.25) is 0 Å². The summed E-state index contributed by atoms with van der Waals surface area (Å²) in [5.74, 6) is -1.12. The lowest BCUT2D eigenvalue weighted by molar-refractivity contribution is -0.140. The number of unbranched alkanes of at least 4 members (excludes halogenated alkanes) is 9. The molecule has 0 aliphatic rings. The first-order valence-corrected chi connectivity index (χ1v) is 9.26. The lowest BCUT2D eigenvalue weighted by Gasteiger charge is -2.18. The van der Waals surface area contributed by atoms with Crippen LogP contribution in [0.1, 0.15) is 85.0 Å². The number of urea groups is 1. The fourth-order valence-corrected chi connectivity index (χ4v) is 2.52. The third-order valence-corrected chi connectivity index (χ3v) is 4.04. The van der Waals surface area contributed by atoms with Crippen molar-refractivity contribution in [1.29, 1.82) is 0 Å². The third kappa shape index (κ3) is 12.9. The Kier molecular flexibility index (Phi) is 13.6. The predicted octanol–water partition coefficient (Wildman–Crippen LogP) is 4.32. The van der Waals surface area contributed by atoms with Crippen LogP contribution in [0.2, 0.25) is 0 Å². The van der Waals surface area contributed by atoms with E-state index in [9.17, 15) is 9.59 Å². The number of carbonyl (C=O) groups excluding carboxylic acids is 1. The first-order chi connectivity index (χ1) is 11.0. The molecule has 3 N–H and O–H groups in total. The van der Waals surface area contributed by atoms with Crippen LogP contribution in [0.3, 0.4) is 0 Å². The summed E-state index contributed by atoms with van der Waals surface area (Å²) in [5, 5.41) is 14.2. The van der Waals surface area contributed by atoms with Crippen LogP contribution in [-0.4, -0.2) is 29.7 Å². The molecule has 23 heavy (non-hydrogen) atoms. The quantitative estimate of drug-likeness (QED) is 0.416. The summed E-state index contributed by atoms with van der Waals surface area (Å²) in [4.78, 5) is 22.6. The highest BCUT2D eigenvalue weighted by Crippen LogP contribution is 2.10. The minimum absolute atomic E-state index is 0.129. The molecule has 5 nitrogen and oxygen atoms in total. The van der Waals surface area contributed by atoms with Crippen molar-refractivity contribution in [3.63, 3.8) is 0 Å². The Morgan fingerprint density at radius 3 is 1.78 bits per heavy atom. The zero-order valence-electron chi connectivity index (χ0n) is 15.2. The molecule has 0 rings (SSSR count). The number of hydrogen-bond acceptors (Lipinski definition) is 2. The van der Waals surface area contributed by atoms with Crippen LogP contribution in [0.25, 0.3) is 0 Å².